The number of aromatic carboxylic acids is 1. The molecule has 0 aliphatic rings. The van der Waals surface area contributed by atoms with Crippen LogP contribution in [0.5, 0.6) is 0 Å². The molecule has 0 radical (unpaired) electrons. The van der Waals surface area contributed by atoms with Gasteiger partial charge < -0.3 is 10.0 Å². The highest BCUT2D eigenvalue weighted by atomic mass is 16.4. The first-order valence-corrected chi connectivity index (χ1v) is 6.74. The van der Waals surface area contributed by atoms with Crippen molar-refractivity contribution >= 4 is 22.7 Å². The van der Waals surface area contributed by atoms with Crippen molar-refractivity contribution in [1.29, 1.82) is 0 Å². The molecule has 1 aromatic carbocycles. The van der Waals surface area contributed by atoms with Gasteiger partial charge in [0.1, 0.15) is 5.82 Å². The number of benzene rings is 1. The lowest BCUT2D eigenvalue weighted by Gasteiger charge is -2.23. The molecule has 2 rings (SSSR count). The number of para-hydroxylation sites is 1. The number of carboxylic acids is 1. The Balaban J connectivity index is 2.52. The van der Waals surface area contributed by atoms with Crippen LogP contribution >= 0.6 is 0 Å². The van der Waals surface area contributed by atoms with Crippen LogP contribution < -0.4 is 4.90 Å². The van der Waals surface area contributed by atoms with Gasteiger partial charge in [-0.05, 0) is 18.1 Å². The Morgan fingerprint density at radius 2 is 2.05 bits per heavy atom. The van der Waals surface area contributed by atoms with Crippen molar-refractivity contribution in [3.8, 4) is 0 Å². The van der Waals surface area contributed by atoms with E-state index in [2.05, 4.69) is 23.8 Å². The average molecular weight is 273 g/mol. The zero-order chi connectivity index (χ0) is 14.7. The molecule has 1 heterocycles. The molecule has 1 aromatic heterocycles. The fourth-order valence-electron chi connectivity index (χ4n) is 2.13. The minimum absolute atomic E-state index is 0.158. The smallest absolute Gasteiger partial charge is 0.374 e. The topological polar surface area (TPSA) is 66.3 Å². The Morgan fingerprint density at radius 3 is 2.70 bits per heavy atom. The van der Waals surface area contributed by atoms with Crippen LogP contribution in [0.25, 0.3) is 10.9 Å². The molecule has 1 atom stereocenters. The minimum atomic E-state index is -1.10. The molecule has 0 amide bonds. The Bertz CT molecular complexity index is 628. The molecule has 0 saturated carbocycles. The number of fused-ring (bicyclic) bond motifs is 1. The van der Waals surface area contributed by atoms with Gasteiger partial charge in [-0.25, -0.2) is 14.8 Å². The average Bonchev–Trinajstić information content (AvgIpc) is 2.45. The van der Waals surface area contributed by atoms with Crippen LogP contribution in [0.4, 0.5) is 5.82 Å². The molecule has 5 heteroatoms. The predicted molar refractivity (Wildman–Crippen MR) is 79.2 cm³/mol. The number of carbonyl (C=O) groups is 1. The molecule has 20 heavy (non-hydrogen) atoms. The number of anilines is 1. The van der Waals surface area contributed by atoms with Crippen molar-refractivity contribution in [2.24, 2.45) is 5.92 Å². The van der Waals surface area contributed by atoms with E-state index in [1.54, 1.807) is 0 Å². The van der Waals surface area contributed by atoms with E-state index in [9.17, 15) is 4.79 Å². The number of aromatic nitrogens is 2. The summed E-state index contributed by atoms with van der Waals surface area (Å²) in [5, 5.41) is 10.0. The molecule has 1 unspecified atom stereocenters. The van der Waals surface area contributed by atoms with Crippen LogP contribution in [-0.4, -0.2) is 34.6 Å². The number of nitrogens with zero attached hydrogens (tertiary/aromatic N) is 3. The number of hydrogen-bond donors (Lipinski definition) is 1. The molecule has 106 valence electrons. The molecule has 2 aromatic rings. The molecule has 1 N–H and O–H groups in total. The summed E-state index contributed by atoms with van der Waals surface area (Å²) in [5.41, 5.74) is 0.658. The summed E-state index contributed by atoms with van der Waals surface area (Å²) < 4.78 is 0. The normalized spacial score (nSPS) is 12.3. The first-order valence-electron chi connectivity index (χ1n) is 6.74. The van der Waals surface area contributed by atoms with E-state index in [-0.39, 0.29) is 5.82 Å². The second kappa shape index (κ2) is 5.86. The molecule has 0 aliphatic carbocycles. The summed E-state index contributed by atoms with van der Waals surface area (Å²) in [6, 6.07) is 7.49. The van der Waals surface area contributed by atoms with E-state index in [0.29, 0.717) is 17.3 Å². The van der Waals surface area contributed by atoms with Gasteiger partial charge in [0.25, 0.3) is 0 Å². The van der Waals surface area contributed by atoms with Gasteiger partial charge in [-0.15, -0.1) is 0 Å². The van der Waals surface area contributed by atoms with Gasteiger partial charge in [0.2, 0.25) is 5.82 Å². The van der Waals surface area contributed by atoms with Gasteiger partial charge in [0.05, 0.1) is 5.52 Å². The van der Waals surface area contributed by atoms with Crippen LogP contribution in [0.3, 0.4) is 0 Å². The van der Waals surface area contributed by atoms with Gasteiger partial charge >= 0.3 is 5.97 Å². The summed E-state index contributed by atoms with van der Waals surface area (Å²) in [6.45, 7) is 5.13. The molecular formula is C15H19N3O2. The van der Waals surface area contributed by atoms with Gasteiger partial charge in [0.15, 0.2) is 0 Å². The van der Waals surface area contributed by atoms with Crippen molar-refractivity contribution in [3.63, 3.8) is 0 Å². The summed E-state index contributed by atoms with van der Waals surface area (Å²) in [5.74, 6) is -0.0704. The van der Waals surface area contributed by atoms with Crippen molar-refractivity contribution in [1.82, 2.24) is 9.97 Å². The van der Waals surface area contributed by atoms with Crippen LogP contribution in [0.1, 0.15) is 30.9 Å². The van der Waals surface area contributed by atoms with Crippen LogP contribution in [0.15, 0.2) is 24.3 Å². The van der Waals surface area contributed by atoms with Crippen molar-refractivity contribution < 1.29 is 9.90 Å². The van der Waals surface area contributed by atoms with Crippen LogP contribution in [0, 0.1) is 5.92 Å². The summed E-state index contributed by atoms with van der Waals surface area (Å²) >= 11 is 0. The molecular weight excluding hydrogens is 254 g/mol. The van der Waals surface area contributed by atoms with E-state index in [1.807, 2.05) is 36.2 Å². The highest BCUT2D eigenvalue weighted by molar-refractivity contribution is 5.93. The summed E-state index contributed by atoms with van der Waals surface area (Å²) in [7, 11) is 1.94. The Kier molecular flexibility index (Phi) is 4.17. The number of rotatable bonds is 5. The van der Waals surface area contributed by atoms with Gasteiger partial charge in [-0.1, -0.05) is 32.4 Å². The molecule has 5 nitrogen and oxygen atoms in total. The van der Waals surface area contributed by atoms with E-state index in [1.165, 1.54) is 0 Å². The monoisotopic (exact) mass is 273 g/mol. The molecule has 0 aliphatic heterocycles. The number of hydrogen-bond acceptors (Lipinski definition) is 4. The van der Waals surface area contributed by atoms with Crippen molar-refractivity contribution in [2.75, 3.05) is 18.5 Å². The Labute approximate surface area is 118 Å². The van der Waals surface area contributed by atoms with Gasteiger partial charge in [-0.3, -0.25) is 0 Å². The summed E-state index contributed by atoms with van der Waals surface area (Å²) in [6.07, 6.45) is 1.07. The quantitative estimate of drug-likeness (QED) is 0.907. The Hall–Kier alpha value is -2.17. The van der Waals surface area contributed by atoms with E-state index in [0.717, 1.165) is 18.4 Å². The standard InChI is InChI=1S/C15H19N3O2/c1-4-10(2)9-18(3)14-11-7-5-6-8-12(11)16-13(17-14)15(19)20/h5-8,10H,4,9H2,1-3H3,(H,19,20). The minimum Gasteiger partial charge on any atom is -0.475 e. The second-order valence-corrected chi connectivity index (χ2v) is 5.09. The van der Waals surface area contributed by atoms with E-state index < -0.39 is 5.97 Å². The highest BCUT2D eigenvalue weighted by Crippen LogP contribution is 2.23. The fraction of sp³-hybridized carbons (Fsp3) is 0.400. The summed E-state index contributed by atoms with van der Waals surface area (Å²) in [4.78, 5) is 21.4. The lowest BCUT2D eigenvalue weighted by Crippen LogP contribution is -2.25. The lowest BCUT2D eigenvalue weighted by molar-refractivity contribution is 0.0684. The highest BCUT2D eigenvalue weighted by Gasteiger charge is 2.16. The zero-order valence-electron chi connectivity index (χ0n) is 12.0. The van der Waals surface area contributed by atoms with Crippen molar-refractivity contribution in [2.45, 2.75) is 20.3 Å². The molecule has 0 fully saturated rings. The van der Waals surface area contributed by atoms with Gasteiger partial charge in [0, 0.05) is 19.0 Å². The predicted octanol–water partition coefficient (Wildman–Crippen LogP) is 2.81. The van der Waals surface area contributed by atoms with Crippen molar-refractivity contribution in [3.05, 3.63) is 30.1 Å². The lowest BCUT2D eigenvalue weighted by atomic mass is 10.1. The second-order valence-electron chi connectivity index (χ2n) is 5.09. The first-order chi connectivity index (χ1) is 9.52. The van der Waals surface area contributed by atoms with Gasteiger partial charge in [-0.2, -0.15) is 0 Å². The fourth-order valence-corrected chi connectivity index (χ4v) is 2.13. The van der Waals surface area contributed by atoms with Crippen LogP contribution in [-0.2, 0) is 0 Å². The molecule has 0 bridgehead atoms. The maximum absolute atomic E-state index is 11.2. The third-order valence-corrected chi connectivity index (χ3v) is 3.42. The molecule has 0 saturated heterocycles. The third kappa shape index (κ3) is 2.87. The van der Waals surface area contributed by atoms with Crippen LogP contribution in [0.2, 0.25) is 0 Å². The first kappa shape index (κ1) is 14.2. The van der Waals surface area contributed by atoms with E-state index in [4.69, 9.17) is 5.11 Å². The SMILES string of the molecule is CCC(C)CN(C)c1nc(C(=O)O)nc2ccccc12. The Morgan fingerprint density at radius 1 is 1.35 bits per heavy atom. The zero-order valence-corrected chi connectivity index (χ0v) is 12.0. The largest absolute Gasteiger partial charge is 0.475 e. The maximum Gasteiger partial charge on any atom is 0.374 e. The molecule has 0 spiro atoms. The van der Waals surface area contributed by atoms with E-state index >= 15 is 0 Å². The maximum atomic E-state index is 11.2. The number of carboxylic acid groups (broad SMARTS) is 1. The third-order valence-electron chi connectivity index (χ3n) is 3.42.